The SMILES string of the molecule is C[C@H](N[C@@H](Cc1cc(Cl)c(-c2ccccc2)cc1Cl)C(=O)Nc1nn[nH]n1)C(=O)O. The zero-order valence-corrected chi connectivity index (χ0v) is 17.3. The zero-order chi connectivity index (χ0) is 21.7. The fourth-order valence-corrected chi connectivity index (χ4v) is 3.35. The van der Waals surface area contributed by atoms with Gasteiger partial charge < -0.3 is 5.11 Å². The predicted molar refractivity (Wildman–Crippen MR) is 112 cm³/mol. The summed E-state index contributed by atoms with van der Waals surface area (Å²) in [6.45, 7) is 1.43. The number of aliphatic carboxylic acids is 1. The molecule has 0 bridgehead atoms. The molecule has 2 atom stereocenters. The van der Waals surface area contributed by atoms with E-state index in [-0.39, 0.29) is 12.4 Å². The first-order chi connectivity index (χ1) is 14.3. The Morgan fingerprint density at radius 3 is 2.53 bits per heavy atom. The fourth-order valence-electron chi connectivity index (χ4n) is 2.82. The number of nitrogens with one attached hydrogen (secondary N) is 3. The van der Waals surface area contributed by atoms with Crippen LogP contribution in [-0.4, -0.2) is 49.7 Å². The smallest absolute Gasteiger partial charge is 0.320 e. The Balaban J connectivity index is 1.86. The number of aromatic nitrogens is 4. The second-order valence-electron chi connectivity index (χ2n) is 6.50. The molecule has 0 spiro atoms. The van der Waals surface area contributed by atoms with Gasteiger partial charge in [0.05, 0.1) is 6.04 Å². The predicted octanol–water partition coefficient (Wildman–Crippen LogP) is 2.79. The number of benzene rings is 2. The number of tetrazole rings is 1. The lowest BCUT2D eigenvalue weighted by Gasteiger charge is -2.21. The molecule has 0 saturated heterocycles. The van der Waals surface area contributed by atoms with Crippen LogP contribution in [0.25, 0.3) is 11.1 Å². The summed E-state index contributed by atoms with van der Waals surface area (Å²) in [6.07, 6.45) is 0.0922. The molecule has 30 heavy (non-hydrogen) atoms. The molecule has 0 aliphatic rings. The van der Waals surface area contributed by atoms with Gasteiger partial charge >= 0.3 is 5.97 Å². The Hall–Kier alpha value is -3.01. The van der Waals surface area contributed by atoms with E-state index < -0.39 is 24.0 Å². The number of hydrogen-bond donors (Lipinski definition) is 4. The van der Waals surface area contributed by atoms with E-state index in [9.17, 15) is 14.7 Å². The van der Waals surface area contributed by atoms with E-state index in [1.165, 1.54) is 6.92 Å². The van der Waals surface area contributed by atoms with Gasteiger partial charge in [-0.1, -0.05) is 58.6 Å². The molecule has 0 radical (unpaired) electrons. The van der Waals surface area contributed by atoms with Gasteiger partial charge in [0.25, 0.3) is 5.95 Å². The normalized spacial score (nSPS) is 12.9. The molecule has 1 amide bonds. The Kier molecular flexibility index (Phi) is 6.99. The number of hydrogen-bond acceptors (Lipinski definition) is 6. The fraction of sp³-hybridized carbons (Fsp3) is 0.211. The van der Waals surface area contributed by atoms with Crippen molar-refractivity contribution < 1.29 is 14.7 Å². The standard InChI is InChI=1S/C19H18Cl2N6O3/c1-10(18(29)30)22-16(17(28)23-19-24-26-27-25-19)8-12-7-15(21)13(9-14(12)20)11-5-3-2-4-6-11/h2-7,9-10,16,22H,8H2,1H3,(H,29,30)(H2,23,24,25,26,27,28)/t10-,16-/m0/s1. The average molecular weight is 449 g/mol. The highest BCUT2D eigenvalue weighted by Gasteiger charge is 2.26. The second kappa shape index (κ2) is 9.66. The van der Waals surface area contributed by atoms with Crippen LogP contribution in [0, 0.1) is 0 Å². The van der Waals surface area contributed by atoms with Crippen LogP contribution >= 0.6 is 23.2 Å². The van der Waals surface area contributed by atoms with Crippen molar-refractivity contribution in [3.63, 3.8) is 0 Å². The number of carboxylic acid groups (broad SMARTS) is 1. The van der Waals surface area contributed by atoms with Crippen LogP contribution < -0.4 is 10.6 Å². The molecular weight excluding hydrogens is 431 g/mol. The van der Waals surface area contributed by atoms with Gasteiger partial charge in [-0.05, 0) is 41.8 Å². The van der Waals surface area contributed by atoms with Crippen LogP contribution in [0.15, 0.2) is 42.5 Å². The Morgan fingerprint density at radius 1 is 1.17 bits per heavy atom. The van der Waals surface area contributed by atoms with E-state index in [1.807, 2.05) is 30.3 Å². The first kappa shape index (κ1) is 21.7. The summed E-state index contributed by atoms with van der Waals surface area (Å²) < 4.78 is 0. The van der Waals surface area contributed by atoms with E-state index in [0.717, 1.165) is 11.1 Å². The number of carboxylic acids is 1. The van der Waals surface area contributed by atoms with Crippen molar-refractivity contribution in [1.29, 1.82) is 0 Å². The van der Waals surface area contributed by atoms with Gasteiger partial charge in [0.1, 0.15) is 6.04 Å². The molecular formula is C19H18Cl2N6O3. The van der Waals surface area contributed by atoms with Gasteiger partial charge in [-0.2, -0.15) is 5.21 Å². The molecule has 2 aromatic carbocycles. The number of carbonyl (C=O) groups is 2. The van der Waals surface area contributed by atoms with Crippen LogP contribution in [0.2, 0.25) is 10.0 Å². The molecule has 4 N–H and O–H groups in total. The summed E-state index contributed by atoms with van der Waals surface area (Å²) in [5.74, 6) is -1.67. The van der Waals surface area contributed by atoms with Crippen molar-refractivity contribution >= 4 is 41.0 Å². The summed E-state index contributed by atoms with van der Waals surface area (Å²) in [5.41, 5.74) is 2.24. The third-order valence-electron chi connectivity index (χ3n) is 4.36. The second-order valence-corrected chi connectivity index (χ2v) is 7.31. The third-order valence-corrected chi connectivity index (χ3v) is 5.03. The quantitative estimate of drug-likeness (QED) is 0.416. The summed E-state index contributed by atoms with van der Waals surface area (Å²) >= 11 is 12.9. The summed E-state index contributed by atoms with van der Waals surface area (Å²) in [7, 11) is 0. The van der Waals surface area contributed by atoms with Gasteiger partial charge in [-0.25, -0.2) is 0 Å². The van der Waals surface area contributed by atoms with Crippen molar-refractivity contribution in [2.45, 2.75) is 25.4 Å². The van der Waals surface area contributed by atoms with Crippen LogP contribution in [0.5, 0.6) is 0 Å². The molecule has 1 aromatic heterocycles. The van der Waals surface area contributed by atoms with E-state index in [1.54, 1.807) is 12.1 Å². The summed E-state index contributed by atoms with van der Waals surface area (Å²) in [5, 5.41) is 28.2. The van der Waals surface area contributed by atoms with E-state index in [0.29, 0.717) is 15.6 Å². The maximum Gasteiger partial charge on any atom is 0.320 e. The third kappa shape index (κ3) is 5.32. The molecule has 0 saturated carbocycles. The Morgan fingerprint density at radius 2 is 1.90 bits per heavy atom. The lowest BCUT2D eigenvalue weighted by atomic mass is 9.99. The minimum absolute atomic E-state index is 0.0293. The molecule has 3 aromatic rings. The molecule has 0 unspecified atom stereocenters. The van der Waals surface area contributed by atoms with Gasteiger partial charge in [0.2, 0.25) is 5.91 Å². The maximum absolute atomic E-state index is 12.7. The highest BCUT2D eigenvalue weighted by atomic mass is 35.5. The van der Waals surface area contributed by atoms with Crippen LogP contribution in [-0.2, 0) is 16.0 Å². The molecule has 11 heteroatoms. The van der Waals surface area contributed by atoms with E-state index in [4.69, 9.17) is 23.2 Å². The van der Waals surface area contributed by atoms with Crippen molar-refractivity contribution in [1.82, 2.24) is 25.9 Å². The number of rotatable bonds is 8. The minimum atomic E-state index is -1.10. The summed E-state index contributed by atoms with van der Waals surface area (Å²) in [4.78, 5) is 24.0. The maximum atomic E-state index is 12.7. The number of H-pyrrole nitrogens is 1. The number of amides is 1. The highest BCUT2D eigenvalue weighted by molar-refractivity contribution is 6.36. The van der Waals surface area contributed by atoms with Gasteiger partial charge in [0.15, 0.2) is 0 Å². The topological polar surface area (TPSA) is 133 Å². The first-order valence-corrected chi connectivity index (χ1v) is 9.67. The molecule has 1 heterocycles. The highest BCUT2D eigenvalue weighted by Crippen LogP contribution is 2.33. The number of anilines is 1. The molecule has 0 fully saturated rings. The Labute approximate surface area is 181 Å². The lowest BCUT2D eigenvalue weighted by Crippen LogP contribution is -2.49. The van der Waals surface area contributed by atoms with Crippen molar-refractivity contribution in [3.05, 3.63) is 58.1 Å². The molecule has 9 nitrogen and oxygen atoms in total. The number of halogens is 2. The monoisotopic (exact) mass is 448 g/mol. The molecule has 0 aliphatic carbocycles. The number of nitrogens with zero attached hydrogens (tertiary/aromatic N) is 3. The van der Waals surface area contributed by atoms with Gasteiger partial charge in [-0.3, -0.25) is 20.2 Å². The van der Waals surface area contributed by atoms with Gasteiger partial charge in [0, 0.05) is 15.6 Å². The minimum Gasteiger partial charge on any atom is -0.480 e. The Bertz CT molecular complexity index is 1030. The van der Waals surface area contributed by atoms with Gasteiger partial charge in [-0.15, -0.1) is 5.10 Å². The van der Waals surface area contributed by atoms with E-state index in [2.05, 4.69) is 31.3 Å². The average Bonchev–Trinajstić information content (AvgIpc) is 3.23. The number of carbonyl (C=O) groups excluding carboxylic acids is 1. The molecule has 156 valence electrons. The van der Waals surface area contributed by atoms with Crippen LogP contribution in [0.4, 0.5) is 5.95 Å². The van der Waals surface area contributed by atoms with E-state index >= 15 is 0 Å². The van der Waals surface area contributed by atoms with Crippen molar-refractivity contribution in [2.24, 2.45) is 0 Å². The summed E-state index contributed by atoms with van der Waals surface area (Å²) in [6, 6.07) is 11.0. The largest absolute Gasteiger partial charge is 0.480 e. The first-order valence-electron chi connectivity index (χ1n) is 8.91. The van der Waals surface area contributed by atoms with Crippen molar-refractivity contribution in [2.75, 3.05) is 5.32 Å². The molecule has 0 aliphatic heterocycles. The van der Waals surface area contributed by atoms with Crippen LogP contribution in [0.1, 0.15) is 12.5 Å². The lowest BCUT2D eigenvalue weighted by molar-refractivity contribution is -0.139. The van der Waals surface area contributed by atoms with Crippen LogP contribution in [0.3, 0.4) is 0 Å². The van der Waals surface area contributed by atoms with Crippen molar-refractivity contribution in [3.8, 4) is 11.1 Å². The number of aromatic amines is 1. The zero-order valence-electron chi connectivity index (χ0n) is 15.8. The molecule has 3 rings (SSSR count).